The minimum absolute atomic E-state index is 0. The van der Waals surface area contributed by atoms with Crippen LogP contribution < -0.4 is 35.4 Å². The monoisotopic (exact) mass is 626 g/mol. The Morgan fingerprint density at radius 1 is 0.586 bits per heavy atom. The van der Waals surface area contributed by atoms with Gasteiger partial charge in [-0.2, -0.15) is 12.1 Å². The predicted molar refractivity (Wildman–Crippen MR) is 123 cm³/mol. The molecular weight excluding hydrogens is 600 g/mol. The molecule has 2 atom stereocenters. The molecule has 0 radical (unpaired) electrons. The summed E-state index contributed by atoms with van der Waals surface area (Å²) in [5.74, 6) is 0. The fourth-order valence-electron chi connectivity index (χ4n) is 3.87. The Morgan fingerprint density at radius 2 is 0.897 bits per heavy atom. The van der Waals surface area contributed by atoms with Gasteiger partial charge in [0.15, 0.2) is 0 Å². The Morgan fingerprint density at radius 3 is 1.21 bits per heavy atom. The molecular formula is C24H26Cl2HfP2. The number of fused-ring (bicyclic) bond motifs is 2. The summed E-state index contributed by atoms with van der Waals surface area (Å²) in [6.45, 7) is 13.9. The molecule has 0 nitrogen and oxygen atoms in total. The third-order valence-electron chi connectivity index (χ3n) is 5.81. The number of benzene rings is 2. The van der Waals surface area contributed by atoms with E-state index in [0.29, 0.717) is 0 Å². The van der Waals surface area contributed by atoms with Gasteiger partial charge < -0.3 is 24.8 Å². The first-order valence-corrected chi connectivity index (χ1v) is 13.5. The summed E-state index contributed by atoms with van der Waals surface area (Å²) in [6.07, 6.45) is 0. The van der Waals surface area contributed by atoms with Crippen LogP contribution >= 0.6 is 15.2 Å². The second kappa shape index (κ2) is 10.5. The van der Waals surface area contributed by atoms with E-state index in [9.17, 15) is 0 Å². The number of rotatable bonds is 3. The molecule has 0 amide bonds. The van der Waals surface area contributed by atoms with Crippen LogP contribution in [0.3, 0.4) is 0 Å². The number of halogens is 2. The second-order valence-corrected chi connectivity index (χ2v) is 14.3. The van der Waals surface area contributed by atoms with Crippen molar-refractivity contribution in [3.8, 4) is 0 Å². The fraction of sp³-hybridized carbons (Fsp3) is 0.250. The van der Waals surface area contributed by atoms with Crippen LogP contribution in [0.1, 0.15) is 22.3 Å². The zero-order chi connectivity index (χ0) is 18.6. The van der Waals surface area contributed by atoms with Gasteiger partial charge >= 0.3 is 25.8 Å². The number of hydrogen-bond donors (Lipinski definition) is 0. The van der Waals surface area contributed by atoms with Crippen molar-refractivity contribution in [2.45, 2.75) is 27.7 Å². The van der Waals surface area contributed by atoms with Gasteiger partial charge in [-0.05, 0) is 27.2 Å². The molecule has 150 valence electrons. The molecule has 4 aromatic rings. The summed E-state index contributed by atoms with van der Waals surface area (Å²) in [5.41, 5.74) is 5.58. The average Bonchev–Trinajstić information content (AvgIpc) is 3.26. The minimum atomic E-state index is -0.176. The molecule has 2 unspecified atom stereocenters. The van der Waals surface area contributed by atoms with Gasteiger partial charge in [-0.25, -0.2) is 0 Å². The van der Waals surface area contributed by atoms with Gasteiger partial charge in [0, 0.05) is 0 Å². The average molecular weight is 626 g/mol. The maximum Gasteiger partial charge on any atom is 4.00 e. The van der Waals surface area contributed by atoms with Crippen LogP contribution in [-0.4, -0.2) is 13.3 Å². The summed E-state index contributed by atoms with van der Waals surface area (Å²) in [7, 11) is -0.352. The van der Waals surface area contributed by atoms with Crippen molar-refractivity contribution in [1.29, 1.82) is 0 Å². The summed E-state index contributed by atoms with van der Waals surface area (Å²) in [6, 6.07) is 18.9. The molecule has 0 aliphatic carbocycles. The molecule has 4 rings (SSSR count). The van der Waals surface area contributed by atoms with Gasteiger partial charge in [-0.3, -0.25) is 0 Å². The molecule has 0 aromatic heterocycles. The zero-order valence-electron chi connectivity index (χ0n) is 17.8. The largest absolute Gasteiger partial charge is 4.00 e. The predicted octanol–water partition coefficient (Wildman–Crippen LogP) is 0.759. The van der Waals surface area contributed by atoms with E-state index in [4.69, 9.17) is 0 Å². The van der Waals surface area contributed by atoms with Crippen LogP contribution in [0.2, 0.25) is 0 Å². The third-order valence-corrected chi connectivity index (χ3v) is 12.8. The van der Waals surface area contributed by atoms with Gasteiger partial charge in [0.2, 0.25) is 0 Å². The van der Waals surface area contributed by atoms with Crippen molar-refractivity contribution in [2.75, 3.05) is 13.3 Å². The molecule has 0 bridgehead atoms. The van der Waals surface area contributed by atoms with Crippen LogP contribution in [0.15, 0.2) is 48.5 Å². The first-order chi connectivity index (χ1) is 12.4. The van der Waals surface area contributed by atoms with Gasteiger partial charge in [-0.1, -0.05) is 52.3 Å². The van der Waals surface area contributed by atoms with Crippen molar-refractivity contribution in [3.05, 3.63) is 70.8 Å². The molecule has 29 heavy (non-hydrogen) atoms. The van der Waals surface area contributed by atoms with E-state index in [1.165, 1.54) is 43.8 Å². The Kier molecular flexibility index (Phi) is 9.80. The third kappa shape index (κ3) is 4.91. The second-order valence-electron chi connectivity index (χ2n) is 7.53. The zero-order valence-corrected chi connectivity index (χ0v) is 24.7. The van der Waals surface area contributed by atoms with E-state index in [-0.39, 0.29) is 65.9 Å². The Bertz CT molecular complexity index is 959. The van der Waals surface area contributed by atoms with E-state index < -0.39 is 0 Å². The summed E-state index contributed by atoms with van der Waals surface area (Å²) < 4.78 is 0. The van der Waals surface area contributed by atoms with Crippen molar-refractivity contribution < 1.29 is 50.7 Å². The Labute approximate surface area is 208 Å². The fourth-order valence-corrected chi connectivity index (χ4v) is 8.60. The van der Waals surface area contributed by atoms with E-state index in [2.05, 4.69) is 89.6 Å². The van der Waals surface area contributed by atoms with E-state index in [0.717, 1.165) is 0 Å². The van der Waals surface area contributed by atoms with Gasteiger partial charge in [-0.15, -0.1) is 67.5 Å². The summed E-state index contributed by atoms with van der Waals surface area (Å²) in [5, 5.41) is 8.88. The maximum atomic E-state index is 2.47. The number of hydrogen-bond acceptors (Lipinski definition) is 0. The summed E-state index contributed by atoms with van der Waals surface area (Å²) >= 11 is 0. The van der Waals surface area contributed by atoms with Gasteiger partial charge in [0.05, 0.1) is 0 Å². The summed E-state index contributed by atoms with van der Waals surface area (Å²) in [4.78, 5) is 0. The quantitative estimate of drug-likeness (QED) is 0.179. The van der Waals surface area contributed by atoms with Crippen molar-refractivity contribution >= 4 is 47.4 Å². The van der Waals surface area contributed by atoms with E-state index in [1.807, 2.05) is 0 Å². The van der Waals surface area contributed by atoms with Crippen LogP contribution in [0.4, 0.5) is 0 Å². The van der Waals surface area contributed by atoms with Crippen molar-refractivity contribution in [3.63, 3.8) is 0 Å². The molecule has 0 saturated heterocycles. The molecule has 0 heterocycles. The van der Waals surface area contributed by atoms with Gasteiger partial charge in [0.25, 0.3) is 0 Å². The van der Waals surface area contributed by atoms with Crippen LogP contribution in [0, 0.1) is 27.7 Å². The smallest absolute Gasteiger partial charge is 1.00 e. The molecule has 0 spiro atoms. The SMILES string of the molecule is Cc1ccc(C)c2[cH-]c(P(C)P(C)c3cc4c(C)ccc(C)c4[cH-]3)cc12.[Cl-].[Cl-].[Hf+4]. The Hall–Kier alpha value is -0.0299. The molecule has 0 fully saturated rings. The molecule has 0 aliphatic heterocycles. The Balaban J connectivity index is 0.00000140. The van der Waals surface area contributed by atoms with Crippen LogP contribution in [0.25, 0.3) is 21.5 Å². The minimum Gasteiger partial charge on any atom is -1.00 e. The molecule has 5 heteroatoms. The number of aryl methyl sites for hydroxylation is 4. The molecule has 4 aromatic carbocycles. The first kappa shape index (κ1) is 27.0. The van der Waals surface area contributed by atoms with Crippen LogP contribution in [0.5, 0.6) is 0 Å². The normalized spacial score (nSPS) is 12.8. The molecule has 0 N–H and O–H groups in total. The van der Waals surface area contributed by atoms with Crippen molar-refractivity contribution in [1.82, 2.24) is 0 Å². The van der Waals surface area contributed by atoms with Crippen LogP contribution in [-0.2, 0) is 25.8 Å². The van der Waals surface area contributed by atoms with E-state index in [1.54, 1.807) is 10.6 Å². The standard InChI is InChI=1S/C24H26P2.2ClH.Hf/c1-15-7-8-16(2)22-12-19(11-21(15)22)25(5)26(6)20-13-23-17(3)9-10-18(4)24(23)14-20;;;/h7-14H,1-6H3;2*1H;/q-2;;;+4/p-2. The molecule has 0 saturated carbocycles. The molecule has 0 aliphatic rings. The topological polar surface area (TPSA) is 0 Å². The maximum absolute atomic E-state index is 2.47. The first-order valence-electron chi connectivity index (χ1n) is 9.17. The van der Waals surface area contributed by atoms with Gasteiger partial charge in [0.1, 0.15) is 0 Å². The van der Waals surface area contributed by atoms with E-state index >= 15 is 0 Å². The van der Waals surface area contributed by atoms with Crippen molar-refractivity contribution in [2.24, 2.45) is 0 Å².